The van der Waals surface area contributed by atoms with Gasteiger partial charge in [-0.3, -0.25) is 14.5 Å². The first-order valence-corrected chi connectivity index (χ1v) is 6.75. The minimum absolute atomic E-state index is 0.348. The molecule has 1 aromatic carbocycles. The van der Waals surface area contributed by atoms with Crippen molar-refractivity contribution in [3.63, 3.8) is 0 Å². The Labute approximate surface area is 117 Å². The molecule has 1 aromatic rings. The van der Waals surface area contributed by atoms with Crippen molar-refractivity contribution in [2.24, 2.45) is 5.92 Å². The molecule has 2 N–H and O–H groups in total. The molecule has 0 bridgehead atoms. The smallest absolute Gasteiger partial charge is 0.325 e. The van der Waals surface area contributed by atoms with Gasteiger partial charge in [0.25, 0.3) is 0 Å². The van der Waals surface area contributed by atoms with Gasteiger partial charge in [0.05, 0.1) is 5.92 Å². The highest BCUT2D eigenvalue weighted by molar-refractivity contribution is 5.75. The second kappa shape index (κ2) is 6.05. The summed E-state index contributed by atoms with van der Waals surface area (Å²) in [6.45, 7) is 2.96. The molecule has 1 saturated heterocycles. The lowest BCUT2D eigenvalue weighted by molar-refractivity contribution is -0.146. The maximum absolute atomic E-state index is 11.5. The molecule has 1 heterocycles. The van der Waals surface area contributed by atoms with Gasteiger partial charge in [0.15, 0.2) is 0 Å². The van der Waals surface area contributed by atoms with E-state index < -0.39 is 18.0 Å². The van der Waals surface area contributed by atoms with Gasteiger partial charge in [0.1, 0.15) is 6.04 Å². The van der Waals surface area contributed by atoms with E-state index in [4.69, 9.17) is 5.11 Å². The fourth-order valence-electron chi connectivity index (χ4n) is 2.66. The highest BCUT2D eigenvalue weighted by atomic mass is 16.4. The van der Waals surface area contributed by atoms with Gasteiger partial charge in [0.2, 0.25) is 0 Å². The molecule has 5 heteroatoms. The molecule has 20 heavy (non-hydrogen) atoms. The third kappa shape index (κ3) is 3.17. The van der Waals surface area contributed by atoms with Crippen LogP contribution >= 0.6 is 0 Å². The molecular weight excluding hydrogens is 258 g/mol. The summed E-state index contributed by atoms with van der Waals surface area (Å²) < 4.78 is 0. The SMILES string of the molecule is Cc1ccc(C(C(=O)O)N2CCC(C(=O)O)CC2)cc1. The molecule has 1 atom stereocenters. The summed E-state index contributed by atoms with van der Waals surface area (Å²) in [5.41, 5.74) is 1.83. The molecule has 0 aliphatic carbocycles. The number of nitrogens with zero attached hydrogens (tertiary/aromatic N) is 1. The summed E-state index contributed by atoms with van der Waals surface area (Å²) in [6.07, 6.45) is 1.01. The van der Waals surface area contributed by atoms with Gasteiger partial charge >= 0.3 is 11.9 Å². The Morgan fingerprint density at radius 1 is 1.15 bits per heavy atom. The standard InChI is InChI=1S/C15H19NO4/c1-10-2-4-11(5-3-10)13(15(19)20)16-8-6-12(7-9-16)14(17)18/h2-5,12-13H,6-9H2,1H3,(H,17,18)(H,19,20). The normalized spacial score (nSPS) is 18.6. The van der Waals surface area contributed by atoms with Crippen molar-refractivity contribution in [3.05, 3.63) is 35.4 Å². The van der Waals surface area contributed by atoms with E-state index in [0.717, 1.165) is 11.1 Å². The molecule has 1 aliphatic rings. The number of rotatable bonds is 4. The molecule has 1 aliphatic heterocycles. The average Bonchev–Trinajstić information content (AvgIpc) is 2.41. The van der Waals surface area contributed by atoms with Crippen molar-refractivity contribution in [1.29, 1.82) is 0 Å². The number of aryl methyl sites for hydroxylation is 1. The van der Waals surface area contributed by atoms with Crippen molar-refractivity contribution in [1.82, 2.24) is 4.90 Å². The van der Waals surface area contributed by atoms with Crippen LogP contribution in [0.5, 0.6) is 0 Å². The van der Waals surface area contributed by atoms with E-state index in [0.29, 0.717) is 25.9 Å². The highest BCUT2D eigenvalue weighted by Crippen LogP contribution is 2.27. The van der Waals surface area contributed by atoms with Crippen LogP contribution in [0.15, 0.2) is 24.3 Å². The zero-order chi connectivity index (χ0) is 14.7. The number of carboxylic acid groups (broad SMARTS) is 2. The van der Waals surface area contributed by atoms with Gasteiger partial charge in [-0.15, -0.1) is 0 Å². The third-order valence-corrected chi connectivity index (χ3v) is 3.87. The van der Waals surface area contributed by atoms with Crippen molar-refractivity contribution in [2.45, 2.75) is 25.8 Å². The van der Waals surface area contributed by atoms with E-state index in [-0.39, 0.29) is 5.92 Å². The molecule has 108 valence electrons. The molecule has 0 aromatic heterocycles. The summed E-state index contributed by atoms with van der Waals surface area (Å²) in [7, 11) is 0. The number of carboxylic acids is 2. The Hall–Kier alpha value is -1.88. The Morgan fingerprint density at radius 2 is 1.70 bits per heavy atom. The monoisotopic (exact) mass is 277 g/mol. The van der Waals surface area contributed by atoms with E-state index >= 15 is 0 Å². The zero-order valence-electron chi connectivity index (χ0n) is 11.5. The van der Waals surface area contributed by atoms with Crippen LogP contribution in [-0.2, 0) is 9.59 Å². The summed E-state index contributed by atoms with van der Waals surface area (Å²) in [6, 6.07) is 6.77. The van der Waals surface area contributed by atoms with Crippen LogP contribution in [0.25, 0.3) is 0 Å². The quantitative estimate of drug-likeness (QED) is 0.879. The van der Waals surface area contributed by atoms with E-state index in [9.17, 15) is 14.7 Å². The van der Waals surface area contributed by atoms with Crippen LogP contribution in [0, 0.1) is 12.8 Å². The predicted molar refractivity (Wildman–Crippen MR) is 73.5 cm³/mol. The molecule has 5 nitrogen and oxygen atoms in total. The van der Waals surface area contributed by atoms with Gasteiger partial charge in [-0.05, 0) is 25.3 Å². The molecule has 1 fully saturated rings. The van der Waals surface area contributed by atoms with Crippen LogP contribution in [0.1, 0.15) is 30.0 Å². The van der Waals surface area contributed by atoms with Gasteiger partial charge in [-0.25, -0.2) is 0 Å². The lowest BCUT2D eigenvalue weighted by atomic mass is 9.94. The van der Waals surface area contributed by atoms with Gasteiger partial charge in [-0.2, -0.15) is 0 Å². The first-order valence-electron chi connectivity index (χ1n) is 6.75. The van der Waals surface area contributed by atoms with Crippen LogP contribution in [0.2, 0.25) is 0 Å². The Morgan fingerprint density at radius 3 is 2.15 bits per heavy atom. The molecule has 0 saturated carbocycles. The molecule has 0 amide bonds. The number of hydrogen-bond donors (Lipinski definition) is 2. The average molecular weight is 277 g/mol. The van der Waals surface area contributed by atoms with Gasteiger partial charge in [0, 0.05) is 13.1 Å². The zero-order valence-corrected chi connectivity index (χ0v) is 11.5. The van der Waals surface area contributed by atoms with Gasteiger partial charge in [-0.1, -0.05) is 29.8 Å². The van der Waals surface area contributed by atoms with Crippen LogP contribution in [0.3, 0.4) is 0 Å². The molecule has 0 radical (unpaired) electrons. The number of hydrogen-bond acceptors (Lipinski definition) is 3. The predicted octanol–water partition coefficient (Wildman–Crippen LogP) is 1.92. The molecular formula is C15H19NO4. The number of benzene rings is 1. The largest absolute Gasteiger partial charge is 0.481 e. The lowest BCUT2D eigenvalue weighted by Crippen LogP contribution is -2.41. The Bertz CT molecular complexity index is 489. The van der Waals surface area contributed by atoms with Crippen LogP contribution in [-0.4, -0.2) is 40.1 Å². The van der Waals surface area contributed by atoms with E-state index in [1.807, 2.05) is 36.1 Å². The maximum atomic E-state index is 11.5. The summed E-state index contributed by atoms with van der Waals surface area (Å²) >= 11 is 0. The van der Waals surface area contributed by atoms with Crippen LogP contribution in [0.4, 0.5) is 0 Å². The fraction of sp³-hybridized carbons (Fsp3) is 0.467. The number of carbonyl (C=O) groups is 2. The van der Waals surface area contributed by atoms with E-state index in [1.165, 1.54) is 0 Å². The minimum atomic E-state index is -0.886. The van der Waals surface area contributed by atoms with Crippen molar-refractivity contribution in [3.8, 4) is 0 Å². The second-order valence-electron chi connectivity index (χ2n) is 5.30. The van der Waals surface area contributed by atoms with E-state index in [1.54, 1.807) is 0 Å². The summed E-state index contributed by atoms with van der Waals surface area (Å²) in [5.74, 6) is -2.02. The Kier molecular flexibility index (Phi) is 4.39. The summed E-state index contributed by atoms with van der Waals surface area (Å²) in [5, 5.41) is 18.5. The minimum Gasteiger partial charge on any atom is -0.481 e. The van der Waals surface area contributed by atoms with Crippen LogP contribution < -0.4 is 0 Å². The number of likely N-dealkylation sites (tertiary alicyclic amines) is 1. The number of piperidine rings is 1. The Balaban J connectivity index is 2.12. The fourth-order valence-corrected chi connectivity index (χ4v) is 2.66. The molecule has 2 rings (SSSR count). The van der Waals surface area contributed by atoms with Crippen molar-refractivity contribution >= 4 is 11.9 Å². The van der Waals surface area contributed by atoms with Gasteiger partial charge < -0.3 is 10.2 Å². The van der Waals surface area contributed by atoms with Crippen molar-refractivity contribution < 1.29 is 19.8 Å². The number of aliphatic carboxylic acids is 2. The maximum Gasteiger partial charge on any atom is 0.325 e. The first-order chi connectivity index (χ1) is 9.49. The molecule has 1 unspecified atom stereocenters. The topological polar surface area (TPSA) is 77.8 Å². The van der Waals surface area contributed by atoms with E-state index in [2.05, 4.69) is 0 Å². The molecule has 0 spiro atoms. The first kappa shape index (κ1) is 14.5. The lowest BCUT2D eigenvalue weighted by Gasteiger charge is -2.34. The second-order valence-corrected chi connectivity index (χ2v) is 5.30. The third-order valence-electron chi connectivity index (χ3n) is 3.87. The van der Waals surface area contributed by atoms with Crippen molar-refractivity contribution in [2.75, 3.05) is 13.1 Å². The summed E-state index contributed by atoms with van der Waals surface area (Å²) in [4.78, 5) is 24.3. The highest BCUT2D eigenvalue weighted by Gasteiger charge is 2.32.